The van der Waals surface area contributed by atoms with Gasteiger partial charge >= 0.3 is 0 Å². The van der Waals surface area contributed by atoms with Gasteiger partial charge in [-0.1, -0.05) is 188 Å². The van der Waals surface area contributed by atoms with Gasteiger partial charge in [0, 0.05) is 49.7 Å². The lowest BCUT2D eigenvalue weighted by molar-refractivity contribution is 0.670. The molecule has 0 N–H and O–H groups in total. The Morgan fingerprint density at radius 3 is 1.68 bits per heavy atom. The fraction of sp³-hybridized carbons (Fsp3) is 0. The minimum Gasteiger partial charge on any atom is -0.455 e. The summed E-state index contributed by atoms with van der Waals surface area (Å²) in [6.07, 6.45) is 0. The standard InChI is InChI=1S/C60H40N2O/c1-4-17-41(18-5-1)42-31-33-44(34-32-42)48-37-35-46(39-55(48)43-19-6-2-7-20-43)61(47-36-38-51-49-23-10-14-29-57(49)62(58(51)40-47)45-21-8-3-9-22-45)56-28-13-11-24-50(56)53-26-16-27-54-52-25-12-15-30-59(52)63-60(53)54/h1-40H. The number of nitrogens with zero attached hydrogens (tertiary/aromatic N) is 2. The van der Waals surface area contributed by atoms with Crippen molar-refractivity contribution in [1.29, 1.82) is 0 Å². The summed E-state index contributed by atoms with van der Waals surface area (Å²) < 4.78 is 9.09. The molecule has 0 unspecified atom stereocenters. The van der Waals surface area contributed by atoms with E-state index in [-0.39, 0.29) is 0 Å². The average molecular weight is 805 g/mol. The Balaban J connectivity index is 1.11. The van der Waals surface area contributed by atoms with Crippen molar-refractivity contribution in [3.63, 3.8) is 0 Å². The third kappa shape index (κ3) is 6.29. The van der Waals surface area contributed by atoms with Gasteiger partial charge in [-0.3, -0.25) is 0 Å². The predicted molar refractivity (Wildman–Crippen MR) is 264 cm³/mol. The molecule has 10 aromatic carbocycles. The smallest absolute Gasteiger partial charge is 0.143 e. The molecule has 0 fully saturated rings. The molecule has 2 heterocycles. The van der Waals surface area contributed by atoms with E-state index in [1.54, 1.807) is 0 Å². The van der Waals surface area contributed by atoms with Crippen molar-refractivity contribution < 1.29 is 4.42 Å². The molecular formula is C60H40N2O. The Kier molecular flexibility index (Phi) is 8.83. The maximum absolute atomic E-state index is 6.70. The van der Waals surface area contributed by atoms with Crippen LogP contribution in [0.25, 0.3) is 93.9 Å². The second-order valence-corrected chi connectivity index (χ2v) is 16.1. The van der Waals surface area contributed by atoms with E-state index in [4.69, 9.17) is 4.42 Å². The van der Waals surface area contributed by atoms with E-state index in [1.165, 1.54) is 33.0 Å². The van der Waals surface area contributed by atoms with E-state index in [1.807, 2.05) is 6.07 Å². The predicted octanol–water partition coefficient (Wildman–Crippen LogP) is 16.8. The molecule has 0 radical (unpaired) electrons. The van der Waals surface area contributed by atoms with Crippen LogP contribution in [0.1, 0.15) is 0 Å². The molecule has 63 heavy (non-hydrogen) atoms. The van der Waals surface area contributed by atoms with Crippen LogP contribution in [-0.4, -0.2) is 4.57 Å². The van der Waals surface area contributed by atoms with Crippen LogP contribution in [0, 0.1) is 0 Å². The molecule has 296 valence electrons. The topological polar surface area (TPSA) is 21.3 Å². The van der Waals surface area contributed by atoms with Gasteiger partial charge in [-0.05, 0) is 88.0 Å². The Morgan fingerprint density at radius 1 is 0.317 bits per heavy atom. The van der Waals surface area contributed by atoms with E-state index < -0.39 is 0 Å². The van der Waals surface area contributed by atoms with Gasteiger partial charge in [0.05, 0.1) is 16.7 Å². The number of aromatic nitrogens is 1. The number of hydrogen-bond donors (Lipinski definition) is 0. The maximum atomic E-state index is 6.70. The molecular weight excluding hydrogens is 765 g/mol. The number of anilines is 3. The van der Waals surface area contributed by atoms with E-state index in [0.717, 1.165) is 78.0 Å². The van der Waals surface area contributed by atoms with E-state index in [0.29, 0.717) is 0 Å². The highest BCUT2D eigenvalue weighted by Crippen LogP contribution is 2.47. The molecule has 3 heteroatoms. The summed E-state index contributed by atoms with van der Waals surface area (Å²) in [6.45, 7) is 0. The minimum atomic E-state index is 0.880. The highest BCUT2D eigenvalue weighted by atomic mass is 16.3. The molecule has 3 nitrogen and oxygen atoms in total. The normalized spacial score (nSPS) is 11.5. The first kappa shape index (κ1) is 36.5. The summed E-state index contributed by atoms with van der Waals surface area (Å²) in [7, 11) is 0. The van der Waals surface area contributed by atoms with Crippen LogP contribution < -0.4 is 4.90 Å². The molecule has 2 aromatic heterocycles. The monoisotopic (exact) mass is 804 g/mol. The van der Waals surface area contributed by atoms with Crippen molar-refractivity contribution in [2.24, 2.45) is 0 Å². The van der Waals surface area contributed by atoms with Crippen molar-refractivity contribution in [1.82, 2.24) is 4.57 Å². The van der Waals surface area contributed by atoms with Gasteiger partial charge in [-0.15, -0.1) is 0 Å². The van der Waals surface area contributed by atoms with E-state index in [2.05, 4.69) is 246 Å². The van der Waals surface area contributed by atoms with Crippen molar-refractivity contribution in [2.45, 2.75) is 0 Å². The Labute approximate surface area is 366 Å². The third-order valence-corrected chi connectivity index (χ3v) is 12.4. The number of para-hydroxylation sites is 5. The Hall–Kier alpha value is -8.40. The lowest BCUT2D eigenvalue weighted by Crippen LogP contribution is -2.12. The van der Waals surface area contributed by atoms with Crippen molar-refractivity contribution in [2.75, 3.05) is 4.90 Å². The molecule has 0 aliphatic heterocycles. The van der Waals surface area contributed by atoms with Gasteiger partial charge in [0.1, 0.15) is 11.2 Å². The number of fused-ring (bicyclic) bond motifs is 6. The molecule has 0 saturated heterocycles. The largest absolute Gasteiger partial charge is 0.455 e. The molecule has 0 atom stereocenters. The van der Waals surface area contributed by atoms with Gasteiger partial charge in [0.15, 0.2) is 0 Å². The number of rotatable bonds is 8. The van der Waals surface area contributed by atoms with Crippen LogP contribution in [-0.2, 0) is 0 Å². The SMILES string of the molecule is c1ccc(-c2ccc(-c3ccc(N(c4ccc5c6ccccc6n(-c6ccccc6)c5c4)c4ccccc4-c4cccc5c4oc4ccccc45)cc3-c3ccccc3)cc2)cc1. The molecule has 12 rings (SSSR count). The molecule has 0 amide bonds. The van der Waals surface area contributed by atoms with Gasteiger partial charge in [0.25, 0.3) is 0 Å². The second kappa shape index (κ2) is 15.3. The lowest BCUT2D eigenvalue weighted by atomic mass is 9.92. The molecule has 0 aliphatic carbocycles. The van der Waals surface area contributed by atoms with Crippen LogP contribution >= 0.6 is 0 Å². The minimum absolute atomic E-state index is 0.880. The Bertz CT molecular complexity index is 3600. The Morgan fingerprint density at radius 2 is 0.873 bits per heavy atom. The maximum Gasteiger partial charge on any atom is 0.143 e. The summed E-state index contributed by atoms with van der Waals surface area (Å²) in [4.78, 5) is 2.43. The third-order valence-electron chi connectivity index (χ3n) is 12.4. The highest BCUT2D eigenvalue weighted by molar-refractivity contribution is 6.12. The molecule has 0 spiro atoms. The quantitative estimate of drug-likeness (QED) is 0.153. The summed E-state index contributed by atoms with van der Waals surface area (Å²) in [5.41, 5.74) is 17.5. The fourth-order valence-corrected chi connectivity index (χ4v) is 9.49. The number of benzene rings is 10. The van der Waals surface area contributed by atoms with Crippen molar-refractivity contribution in [3.8, 4) is 50.2 Å². The zero-order chi connectivity index (χ0) is 41.7. The van der Waals surface area contributed by atoms with E-state index >= 15 is 0 Å². The lowest BCUT2D eigenvalue weighted by Gasteiger charge is -2.29. The van der Waals surface area contributed by atoms with Crippen LogP contribution in [0.3, 0.4) is 0 Å². The summed E-state index contributed by atoms with van der Waals surface area (Å²) in [5.74, 6) is 0. The van der Waals surface area contributed by atoms with Crippen LogP contribution in [0.5, 0.6) is 0 Å². The zero-order valence-corrected chi connectivity index (χ0v) is 34.4. The summed E-state index contributed by atoms with van der Waals surface area (Å²) in [6, 6.07) is 87.2. The highest BCUT2D eigenvalue weighted by Gasteiger charge is 2.23. The molecule has 0 bridgehead atoms. The van der Waals surface area contributed by atoms with E-state index in [9.17, 15) is 0 Å². The van der Waals surface area contributed by atoms with Crippen molar-refractivity contribution >= 4 is 60.8 Å². The van der Waals surface area contributed by atoms with Crippen LogP contribution in [0.2, 0.25) is 0 Å². The molecule has 0 aliphatic rings. The van der Waals surface area contributed by atoms with Gasteiger partial charge in [0.2, 0.25) is 0 Å². The summed E-state index contributed by atoms with van der Waals surface area (Å²) >= 11 is 0. The average Bonchev–Trinajstić information content (AvgIpc) is 3.91. The first-order valence-electron chi connectivity index (χ1n) is 21.5. The van der Waals surface area contributed by atoms with Gasteiger partial charge in [-0.25, -0.2) is 0 Å². The molecule has 12 aromatic rings. The van der Waals surface area contributed by atoms with Crippen LogP contribution in [0.15, 0.2) is 247 Å². The summed E-state index contributed by atoms with van der Waals surface area (Å²) in [5, 5.41) is 4.65. The number of furan rings is 1. The number of hydrogen-bond acceptors (Lipinski definition) is 2. The second-order valence-electron chi connectivity index (χ2n) is 16.1. The van der Waals surface area contributed by atoms with Gasteiger partial charge in [-0.2, -0.15) is 0 Å². The first-order valence-corrected chi connectivity index (χ1v) is 21.5. The van der Waals surface area contributed by atoms with Gasteiger partial charge < -0.3 is 13.9 Å². The molecule has 0 saturated carbocycles. The fourth-order valence-electron chi connectivity index (χ4n) is 9.49. The van der Waals surface area contributed by atoms with Crippen LogP contribution in [0.4, 0.5) is 17.1 Å². The zero-order valence-electron chi connectivity index (χ0n) is 34.4. The first-order chi connectivity index (χ1) is 31.3. The van der Waals surface area contributed by atoms with Crippen molar-refractivity contribution in [3.05, 3.63) is 243 Å².